The van der Waals surface area contributed by atoms with Gasteiger partial charge >= 0.3 is 0 Å². The molecule has 1 aliphatic rings. The highest BCUT2D eigenvalue weighted by Gasteiger charge is 2.13. The van der Waals surface area contributed by atoms with Crippen LogP contribution in [0, 0.1) is 5.82 Å². The van der Waals surface area contributed by atoms with Gasteiger partial charge in [-0.05, 0) is 48.7 Å². The molecule has 8 heteroatoms. The third-order valence-corrected chi connectivity index (χ3v) is 4.16. The average molecular weight is 501 g/mol. The summed E-state index contributed by atoms with van der Waals surface area (Å²) in [6, 6.07) is 11.7. The Kier molecular flexibility index (Phi) is 8.78. The van der Waals surface area contributed by atoms with Crippen LogP contribution in [0.15, 0.2) is 47.5 Å². The number of fused-ring (bicyclic) bond motifs is 1. The fraction of sp³-hybridized carbons (Fsp3) is 0.350. The van der Waals surface area contributed by atoms with Crippen molar-refractivity contribution < 1.29 is 19.0 Å². The number of aliphatic hydroxyl groups excluding tert-OH is 1. The van der Waals surface area contributed by atoms with Crippen molar-refractivity contribution in [2.75, 3.05) is 26.4 Å². The minimum absolute atomic E-state index is 0. The van der Waals surface area contributed by atoms with Gasteiger partial charge in [-0.2, -0.15) is 0 Å². The molecule has 1 atom stereocenters. The molecule has 28 heavy (non-hydrogen) atoms. The zero-order valence-corrected chi connectivity index (χ0v) is 18.0. The summed E-state index contributed by atoms with van der Waals surface area (Å²) in [7, 11) is 0. The van der Waals surface area contributed by atoms with Gasteiger partial charge in [0.1, 0.15) is 5.82 Å². The predicted molar refractivity (Wildman–Crippen MR) is 117 cm³/mol. The Morgan fingerprint density at radius 2 is 1.89 bits per heavy atom. The van der Waals surface area contributed by atoms with Gasteiger partial charge < -0.3 is 25.2 Å². The number of guanidine groups is 1. The first kappa shape index (κ1) is 22.2. The molecule has 2 aromatic carbocycles. The van der Waals surface area contributed by atoms with E-state index in [0.717, 1.165) is 23.5 Å². The number of aliphatic imine (C=N–C) groups is 1. The van der Waals surface area contributed by atoms with Gasteiger partial charge in [-0.3, -0.25) is 4.99 Å². The van der Waals surface area contributed by atoms with Crippen molar-refractivity contribution in [3.05, 3.63) is 59.4 Å². The monoisotopic (exact) mass is 501 g/mol. The summed E-state index contributed by atoms with van der Waals surface area (Å²) in [6.07, 6.45) is 0.0107. The van der Waals surface area contributed by atoms with Crippen molar-refractivity contribution in [1.82, 2.24) is 10.6 Å². The van der Waals surface area contributed by atoms with E-state index in [4.69, 9.17) is 9.47 Å². The van der Waals surface area contributed by atoms with Crippen LogP contribution in [0.2, 0.25) is 0 Å². The van der Waals surface area contributed by atoms with Gasteiger partial charge in [0.15, 0.2) is 17.5 Å². The van der Waals surface area contributed by atoms with Crippen molar-refractivity contribution in [2.45, 2.75) is 19.4 Å². The predicted octanol–water partition coefficient (Wildman–Crippen LogP) is 3.00. The molecule has 6 nitrogen and oxygen atoms in total. The molecule has 0 radical (unpaired) electrons. The van der Waals surface area contributed by atoms with Crippen LogP contribution in [0.25, 0.3) is 0 Å². The zero-order chi connectivity index (χ0) is 19.1. The maximum Gasteiger partial charge on any atom is 0.231 e. The lowest BCUT2D eigenvalue weighted by molar-refractivity contribution is 0.174. The zero-order valence-electron chi connectivity index (χ0n) is 15.7. The lowest BCUT2D eigenvalue weighted by Gasteiger charge is -2.13. The molecule has 0 aliphatic carbocycles. The Bertz CT molecular complexity index is 787. The van der Waals surface area contributed by atoms with Gasteiger partial charge in [0.2, 0.25) is 6.79 Å². The largest absolute Gasteiger partial charge is 0.454 e. The van der Waals surface area contributed by atoms with Gasteiger partial charge in [-0.1, -0.05) is 18.2 Å². The van der Waals surface area contributed by atoms with E-state index >= 15 is 0 Å². The number of nitrogens with zero attached hydrogens (tertiary/aromatic N) is 1. The van der Waals surface area contributed by atoms with Gasteiger partial charge in [0, 0.05) is 13.1 Å². The molecule has 0 fully saturated rings. The van der Waals surface area contributed by atoms with Crippen LogP contribution < -0.4 is 20.1 Å². The summed E-state index contributed by atoms with van der Waals surface area (Å²) < 4.78 is 23.7. The van der Waals surface area contributed by atoms with E-state index < -0.39 is 6.10 Å². The first-order valence-corrected chi connectivity index (χ1v) is 9.00. The minimum atomic E-state index is -0.782. The summed E-state index contributed by atoms with van der Waals surface area (Å²) in [4.78, 5) is 4.41. The van der Waals surface area contributed by atoms with E-state index in [1.54, 1.807) is 12.1 Å². The first-order chi connectivity index (χ1) is 13.2. The molecule has 0 spiro atoms. The fourth-order valence-electron chi connectivity index (χ4n) is 2.73. The number of hydrogen-bond acceptors (Lipinski definition) is 4. The van der Waals surface area contributed by atoms with E-state index in [1.165, 1.54) is 12.1 Å². The van der Waals surface area contributed by atoms with Crippen molar-refractivity contribution in [2.24, 2.45) is 4.99 Å². The lowest BCUT2D eigenvalue weighted by atomic mass is 10.1. The van der Waals surface area contributed by atoms with Gasteiger partial charge in [0.25, 0.3) is 0 Å². The fourth-order valence-corrected chi connectivity index (χ4v) is 2.73. The van der Waals surface area contributed by atoms with Crippen LogP contribution in [0.4, 0.5) is 4.39 Å². The van der Waals surface area contributed by atoms with Crippen LogP contribution in [0.5, 0.6) is 11.5 Å². The normalized spacial score (nSPS) is 13.6. The van der Waals surface area contributed by atoms with Crippen LogP contribution in [-0.4, -0.2) is 37.5 Å². The minimum Gasteiger partial charge on any atom is -0.454 e. The van der Waals surface area contributed by atoms with E-state index in [-0.39, 0.29) is 43.1 Å². The molecule has 1 aliphatic heterocycles. The number of hydrogen-bond donors (Lipinski definition) is 3. The van der Waals surface area contributed by atoms with Crippen molar-refractivity contribution in [1.29, 1.82) is 0 Å². The molecular formula is C20H25FIN3O3. The molecule has 2 aromatic rings. The third kappa shape index (κ3) is 6.23. The van der Waals surface area contributed by atoms with E-state index in [1.807, 2.05) is 25.1 Å². The number of aliphatic hydroxyl groups is 1. The maximum atomic E-state index is 13.0. The van der Waals surface area contributed by atoms with Crippen molar-refractivity contribution in [3.63, 3.8) is 0 Å². The number of benzene rings is 2. The summed E-state index contributed by atoms with van der Waals surface area (Å²) in [5.74, 6) is 1.85. The third-order valence-electron chi connectivity index (χ3n) is 4.16. The smallest absolute Gasteiger partial charge is 0.231 e. The van der Waals surface area contributed by atoms with Crippen molar-refractivity contribution >= 4 is 29.9 Å². The summed E-state index contributed by atoms with van der Waals surface area (Å²) in [6.45, 7) is 3.82. The quantitative estimate of drug-likeness (QED) is 0.309. The second-order valence-electron chi connectivity index (χ2n) is 6.15. The highest BCUT2D eigenvalue weighted by atomic mass is 127. The first-order valence-electron chi connectivity index (χ1n) is 9.00. The Labute approximate surface area is 181 Å². The SMILES string of the molecule is CCNC(=NCC(O)c1ccc(F)cc1)NCCc1ccc2c(c1)OCO2.I. The van der Waals surface area contributed by atoms with Crippen molar-refractivity contribution in [3.8, 4) is 11.5 Å². The van der Waals surface area contributed by atoms with Gasteiger partial charge in [-0.25, -0.2) is 4.39 Å². The number of halogens is 2. The highest BCUT2D eigenvalue weighted by Crippen LogP contribution is 2.32. The molecule has 3 N–H and O–H groups in total. The van der Waals surface area contributed by atoms with Gasteiger partial charge in [-0.15, -0.1) is 24.0 Å². The van der Waals surface area contributed by atoms with Crippen LogP contribution in [-0.2, 0) is 6.42 Å². The second kappa shape index (κ2) is 11.1. The Hall–Kier alpha value is -2.07. The average Bonchev–Trinajstić information content (AvgIpc) is 3.14. The molecule has 1 heterocycles. The van der Waals surface area contributed by atoms with E-state index in [2.05, 4.69) is 15.6 Å². The molecule has 0 amide bonds. The standard InChI is InChI=1S/C20H24FN3O3.HI/c1-2-22-20(24-12-17(25)15-4-6-16(21)7-5-15)23-10-9-14-3-8-18-19(11-14)27-13-26-18;/h3-8,11,17,25H,2,9-10,12-13H2,1H3,(H2,22,23,24);1H. The summed E-state index contributed by atoms with van der Waals surface area (Å²) in [5.41, 5.74) is 1.77. The lowest BCUT2D eigenvalue weighted by Crippen LogP contribution is -2.38. The van der Waals surface area contributed by atoms with Crippen LogP contribution >= 0.6 is 24.0 Å². The molecule has 3 rings (SSSR count). The van der Waals surface area contributed by atoms with E-state index in [0.29, 0.717) is 24.6 Å². The number of ether oxygens (including phenoxy) is 2. The molecule has 0 aromatic heterocycles. The number of rotatable bonds is 7. The molecule has 0 saturated heterocycles. The van der Waals surface area contributed by atoms with E-state index in [9.17, 15) is 9.50 Å². The van der Waals surface area contributed by atoms with Crippen LogP contribution in [0.1, 0.15) is 24.2 Å². The topological polar surface area (TPSA) is 75.1 Å². The summed E-state index contributed by atoms with van der Waals surface area (Å²) >= 11 is 0. The molecule has 1 unspecified atom stereocenters. The number of nitrogens with one attached hydrogen (secondary N) is 2. The molecular weight excluding hydrogens is 476 g/mol. The Morgan fingerprint density at radius 3 is 2.64 bits per heavy atom. The second-order valence-corrected chi connectivity index (χ2v) is 6.15. The van der Waals surface area contributed by atoms with Gasteiger partial charge in [0.05, 0.1) is 12.6 Å². The Balaban J connectivity index is 0.00000280. The Morgan fingerprint density at radius 1 is 1.14 bits per heavy atom. The molecule has 152 valence electrons. The highest BCUT2D eigenvalue weighted by molar-refractivity contribution is 14.0. The van der Waals surface area contributed by atoms with Crippen LogP contribution in [0.3, 0.4) is 0 Å². The maximum absolute atomic E-state index is 13.0. The molecule has 0 bridgehead atoms. The molecule has 0 saturated carbocycles. The summed E-state index contributed by atoms with van der Waals surface area (Å²) in [5, 5.41) is 16.6.